The third-order valence-electron chi connectivity index (χ3n) is 1.61. The molecule has 1 saturated heterocycles. The van der Waals surface area contributed by atoms with Crippen molar-refractivity contribution in [3.05, 3.63) is 0 Å². The van der Waals surface area contributed by atoms with Crippen LogP contribution in [0.4, 0.5) is 0 Å². The first-order valence-electron chi connectivity index (χ1n) is 3.74. The number of nitrogens with one attached hydrogen (secondary N) is 1. The zero-order valence-corrected chi connectivity index (χ0v) is 6.02. The van der Waals surface area contributed by atoms with Crippen LogP contribution in [0, 0.1) is 0 Å². The van der Waals surface area contributed by atoms with Gasteiger partial charge in [0.2, 0.25) is 0 Å². The Bertz CT molecular complexity index is 74.0. The van der Waals surface area contributed by atoms with Crippen LogP contribution in [0.3, 0.4) is 0 Å². The average molecular weight is 131 g/mol. The topological polar surface area (TPSA) is 21.3 Å². The molecule has 1 heterocycles. The van der Waals surface area contributed by atoms with E-state index >= 15 is 0 Å². The Morgan fingerprint density at radius 1 is 1.78 bits per heavy atom. The van der Waals surface area contributed by atoms with Gasteiger partial charge >= 0.3 is 0 Å². The van der Waals surface area contributed by atoms with Crippen LogP contribution in [0.2, 0.25) is 0 Å². The third kappa shape index (κ3) is 2.33. The fourth-order valence-electron chi connectivity index (χ4n) is 1.04. The van der Waals surface area contributed by atoms with Crippen molar-refractivity contribution in [3.8, 4) is 0 Å². The number of hydrogen-bond donors (Lipinski definition) is 1. The molecule has 2 heteroatoms. The molecule has 56 valence electrons. The third-order valence-corrected chi connectivity index (χ3v) is 1.61. The second-order valence-corrected chi connectivity index (χ2v) is 2.51. The lowest BCUT2D eigenvalue weighted by Crippen LogP contribution is -2.29. The van der Waals surface area contributed by atoms with E-state index in [1.807, 2.05) is 0 Å². The van der Waals surface area contributed by atoms with Gasteiger partial charge in [0, 0.05) is 14.1 Å². The molecule has 1 aliphatic rings. The summed E-state index contributed by atoms with van der Waals surface area (Å²) in [7, 11) is 0. The molecule has 1 aliphatic heterocycles. The lowest BCUT2D eigenvalue weighted by molar-refractivity contribution is 0.190. The van der Waals surface area contributed by atoms with Gasteiger partial charge < -0.3 is 10.1 Å². The highest BCUT2D eigenvalue weighted by Gasteiger charge is 2.12. The van der Waals surface area contributed by atoms with Crippen LogP contribution in [0.25, 0.3) is 0 Å². The maximum absolute atomic E-state index is 5.19. The van der Waals surface area contributed by atoms with Gasteiger partial charge in [0.25, 0.3) is 0 Å². The van der Waals surface area contributed by atoms with Crippen LogP contribution in [-0.2, 0) is 4.74 Å². The van der Waals surface area contributed by atoms with E-state index in [0.717, 1.165) is 19.8 Å². The van der Waals surface area contributed by atoms with Gasteiger partial charge in [0.05, 0.1) is 6.61 Å². The molecule has 0 spiro atoms. The van der Waals surface area contributed by atoms with E-state index in [1.165, 1.54) is 12.8 Å². The van der Waals surface area contributed by atoms with Gasteiger partial charge in [0.15, 0.2) is 0 Å². The molecule has 0 aliphatic carbocycles. The van der Waals surface area contributed by atoms with Crippen molar-refractivity contribution >= 4 is 0 Å². The monoisotopic (exact) mass is 131 g/mol. The molecule has 1 atom stereocenters. The summed E-state index contributed by atoms with van der Waals surface area (Å²) in [6, 6.07) is 0.643. The van der Waals surface area contributed by atoms with E-state index in [9.17, 15) is 0 Å². The number of ether oxygens (including phenoxy) is 1. The van der Waals surface area contributed by atoms with E-state index < -0.39 is 0 Å². The van der Waals surface area contributed by atoms with Crippen LogP contribution in [0.5, 0.6) is 0 Å². The second kappa shape index (κ2) is 3.85. The largest absolute Gasteiger partial charge is 0.380 e. The van der Waals surface area contributed by atoms with Gasteiger partial charge in [-0.15, -0.1) is 0 Å². The standard InChI is InChI=1S/C7H15NO.H2/c1-2-4-8-7-3-5-9-6-7;/h7-8H,2-6H2,1H3;1H. The van der Waals surface area contributed by atoms with Crippen molar-refractivity contribution in [1.82, 2.24) is 5.32 Å². The Kier molecular flexibility index (Phi) is 3.01. The van der Waals surface area contributed by atoms with Crippen LogP contribution in [-0.4, -0.2) is 25.8 Å². The minimum Gasteiger partial charge on any atom is -0.380 e. The Hall–Kier alpha value is -0.0800. The molecular weight excluding hydrogens is 114 g/mol. The van der Waals surface area contributed by atoms with Crippen LogP contribution < -0.4 is 5.32 Å². The van der Waals surface area contributed by atoms with E-state index in [4.69, 9.17) is 4.74 Å². The molecule has 0 saturated carbocycles. The molecule has 0 bridgehead atoms. The quantitative estimate of drug-likeness (QED) is 0.617. The van der Waals surface area contributed by atoms with Gasteiger partial charge in [-0.2, -0.15) is 0 Å². The first-order valence-corrected chi connectivity index (χ1v) is 3.74. The van der Waals surface area contributed by atoms with E-state index in [0.29, 0.717) is 6.04 Å². The fraction of sp³-hybridized carbons (Fsp3) is 1.00. The normalized spacial score (nSPS) is 27.0. The first kappa shape index (κ1) is 7.03. The number of rotatable bonds is 3. The molecule has 0 aromatic heterocycles. The highest BCUT2D eigenvalue weighted by atomic mass is 16.5. The van der Waals surface area contributed by atoms with Gasteiger partial charge in [-0.3, -0.25) is 0 Å². The summed E-state index contributed by atoms with van der Waals surface area (Å²) in [5.74, 6) is 0. The van der Waals surface area contributed by atoms with E-state index in [1.54, 1.807) is 0 Å². The Balaban J connectivity index is 0.000000810. The van der Waals surface area contributed by atoms with Gasteiger partial charge in [0.1, 0.15) is 0 Å². The lowest BCUT2D eigenvalue weighted by atomic mass is 10.2. The van der Waals surface area contributed by atoms with Crippen molar-refractivity contribution in [1.29, 1.82) is 0 Å². The molecule has 2 nitrogen and oxygen atoms in total. The summed E-state index contributed by atoms with van der Waals surface area (Å²) in [5, 5.41) is 3.41. The summed E-state index contributed by atoms with van der Waals surface area (Å²) < 4.78 is 5.19. The smallest absolute Gasteiger partial charge is 0.0620 e. The van der Waals surface area contributed by atoms with E-state index in [2.05, 4.69) is 12.2 Å². The van der Waals surface area contributed by atoms with Crippen molar-refractivity contribution < 1.29 is 6.16 Å². The Morgan fingerprint density at radius 2 is 2.67 bits per heavy atom. The maximum atomic E-state index is 5.19. The van der Waals surface area contributed by atoms with Crippen molar-refractivity contribution in [2.45, 2.75) is 25.8 Å². The van der Waals surface area contributed by atoms with Crippen molar-refractivity contribution in [2.75, 3.05) is 19.8 Å². The van der Waals surface area contributed by atoms with Crippen molar-refractivity contribution in [2.24, 2.45) is 0 Å². The molecule has 9 heavy (non-hydrogen) atoms. The molecule has 1 rings (SSSR count). The molecule has 1 fully saturated rings. The number of hydrogen-bond acceptors (Lipinski definition) is 2. The fourth-order valence-corrected chi connectivity index (χ4v) is 1.04. The van der Waals surface area contributed by atoms with Crippen molar-refractivity contribution in [3.63, 3.8) is 0 Å². The summed E-state index contributed by atoms with van der Waals surface area (Å²) in [5.41, 5.74) is 0. The Labute approximate surface area is 58.1 Å². The zero-order valence-electron chi connectivity index (χ0n) is 6.02. The molecule has 0 amide bonds. The predicted octanol–water partition coefficient (Wildman–Crippen LogP) is 1.02. The zero-order chi connectivity index (χ0) is 6.53. The lowest BCUT2D eigenvalue weighted by Gasteiger charge is -2.07. The van der Waals surface area contributed by atoms with Crippen LogP contribution in [0.15, 0.2) is 0 Å². The summed E-state index contributed by atoms with van der Waals surface area (Å²) in [4.78, 5) is 0. The highest BCUT2D eigenvalue weighted by Crippen LogP contribution is 2.02. The minimum atomic E-state index is 0. The van der Waals surface area contributed by atoms with Gasteiger partial charge in [-0.1, -0.05) is 6.92 Å². The predicted molar refractivity (Wildman–Crippen MR) is 39.6 cm³/mol. The minimum absolute atomic E-state index is 0. The van der Waals surface area contributed by atoms with Gasteiger partial charge in [-0.25, -0.2) is 0 Å². The van der Waals surface area contributed by atoms with Crippen LogP contribution >= 0.6 is 0 Å². The molecule has 0 aromatic rings. The van der Waals surface area contributed by atoms with Gasteiger partial charge in [-0.05, 0) is 19.4 Å². The molecular formula is C7H17NO. The summed E-state index contributed by atoms with van der Waals surface area (Å²) in [6.45, 7) is 5.18. The molecule has 0 aromatic carbocycles. The average Bonchev–Trinajstić information content (AvgIpc) is 2.34. The highest BCUT2D eigenvalue weighted by molar-refractivity contribution is 4.69. The maximum Gasteiger partial charge on any atom is 0.0620 e. The molecule has 1 unspecified atom stereocenters. The molecule has 1 N–H and O–H groups in total. The second-order valence-electron chi connectivity index (χ2n) is 2.51. The summed E-state index contributed by atoms with van der Waals surface area (Å²) >= 11 is 0. The first-order chi connectivity index (χ1) is 4.43. The SMILES string of the molecule is CCCNC1CCOC1.[HH]. The van der Waals surface area contributed by atoms with Crippen LogP contribution in [0.1, 0.15) is 21.2 Å². The molecule has 0 radical (unpaired) electrons. The summed E-state index contributed by atoms with van der Waals surface area (Å²) in [6.07, 6.45) is 2.41. The Morgan fingerprint density at radius 3 is 3.22 bits per heavy atom. The van der Waals surface area contributed by atoms with E-state index in [-0.39, 0.29) is 1.43 Å².